The summed E-state index contributed by atoms with van der Waals surface area (Å²) in [5.41, 5.74) is 2.92. The number of fused-ring (bicyclic) bond motifs is 1. The van der Waals surface area contributed by atoms with Gasteiger partial charge in [-0.2, -0.15) is 10.1 Å². The van der Waals surface area contributed by atoms with Gasteiger partial charge in [-0.15, -0.1) is 0 Å². The Labute approximate surface area is 172 Å². The second kappa shape index (κ2) is 6.91. The van der Waals surface area contributed by atoms with Crippen molar-refractivity contribution >= 4 is 11.7 Å². The number of benzene rings is 2. The van der Waals surface area contributed by atoms with Crippen molar-refractivity contribution < 1.29 is 19.7 Å². The van der Waals surface area contributed by atoms with Crippen molar-refractivity contribution in [2.75, 3.05) is 12.4 Å². The molecule has 1 aliphatic carbocycles. The van der Waals surface area contributed by atoms with Crippen LogP contribution >= 0.6 is 0 Å². The van der Waals surface area contributed by atoms with Gasteiger partial charge >= 0.3 is 0 Å². The number of ketones is 1. The number of carbonyl (C=O) groups is 1. The van der Waals surface area contributed by atoms with Crippen molar-refractivity contribution in [2.45, 2.75) is 24.8 Å². The summed E-state index contributed by atoms with van der Waals surface area (Å²) in [6.07, 6.45) is 2.29. The number of carbonyl (C=O) groups excluding carboxylic acids is 1. The van der Waals surface area contributed by atoms with Crippen LogP contribution in [0, 0.1) is 0 Å². The Morgan fingerprint density at radius 1 is 1.13 bits per heavy atom. The van der Waals surface area contributed by atoms with Gasteiger partial charge in [-0.25, -0.2) is 4.68 Å². The number of phenolic OH excluding ortho intramolecular Hbond substituents is 2. The normalized spacial score (nSPS) is 20.4. The molecular formula is C22H20N4O4. The Hall–Kier alpha value is -3.81. The van der Waals surface area contributed by atoms with Crippen molar-refractivity contribution in [3.8, 4) is 17.2 Å². The van der Waals surface area contributed by atoms with Crippen LogP contribution < -0.4 is 10.1 Å². The topological polar surface area (TPSA) is 110 Å². The van der Waals surface area contributed by atoms with Crippen LogP contribution in [0.3, 0.4) is 0 Å². The number of aromatic nitrogens is 3. The van der Waals surface area contributed by atoms with Gasteiger partial charge in [0, 0.05) is 23.6 Å². The maximum atomic E-state index is 13.3. The molecule has 3 aromatic rings. The van der Waals surface area contributed by atoms with Crippen LogP contribution in [0.1, 0.15) is 35.9 Å². The van der Waals surface area contributed by atoms with Crippen molar-refractivity contribution in [2.24, 2.45) is 0 Å². The second-order valence-corrected chi connectivity index (χ2v) is 7.47. The Bertz CT molecular complexity index is 1180. The van der Waals surface area contributed by atoms with Crippen molar-refractivity contribution in [1.29, 1.82) is 0 Å². The SMILES string of the molecule is COc1cc(C2C3=C(CC(c4ccccc4O)CC3=O)Nc3ncnn32)ccc1O. The average molecular weight is 404 g/mol. The van der Waals surface area contributed by atoms with E-state index in [0.29, 0.717) is 23.7 Å². The molecule has 2 aliphatic rings. The Balaban J connectivity index is 1.62. The van der Waals surface area contributed by atoms with Crippen LogP contribution in [0.5, 0.6) is 17.2 Å². The number of rotatable bonds is 3. The first kappa shape index (κ1) is 18.2. The first-order chi connectivity index (χ1) is 14.6. The lowest BCUT2D eigenvalue weighted by molar-refractivity contribution is -0.116. The molecule has 3 N–H and O–H groups in total. The average Bonchev–Trinajstić information content (AvgIpc) is 3.21. The third-order valence-corrected chi connectivity index (χ3v) is 5.76. The molecule has 2 aromatic carbocycles. The molecular weight excluding hydrogens is 384 g/mol. The van der Waals surface area contributed by atoms with Gasteiger partial charge in [0.05, 0.1) is 7.11 Å². The molecule has 30 heavy (non-hydrogen) atoms. The maximum Gasteiger partial charge on any atom is 0.226 e. The lowest BCUT2D eigenvalue weighted by Gasteiger charge is -2.35. The molecule has 2 heterocycles. The number of Topliss-reactive ketones (excluding diaryl/α,β-unsaturated/α-hetero) is 1. The molecule has 0 saturated heterocycles. The zero-order valence-electron chi connectivity index (χ0n) is 16.2. The fourth-order valence-corrected chi connectivity index (χ4v) is 4.38. The van der Waals surface area contributed by atoms with Gasteiger partial charge in [0.15, 0.2) is 17.3 Å². The van der Waals surface area contributed by atoms with Gasteiger partial charge < -0.3 is 20.3 Å². The Morgan fingerprint density at radius 2 is 1.97 bits per heavy atom. The standard InChI is InChI=1S/C22H20N4O4/c1-30-19-10-12(6-7-17(19)28)21-20-15(25-22-23-11-24-26(21)22)8-13(9-18(20)29)14-4-2-3-5-16(14)27/h2-7,10-11,13,21,27-28H,8-9H2,1H3,(H,23,24,25). The molecule has 0 spiro atoms. The molecule has 1 aromatic heterocycles. The van der Waals surface area contributed by atoms with E-state index < -0.39 is 6.04 Å². The smallest absolute Gasteiger partial charge is 0.226 e. The third kappa shape index (κ3) is 2.80. The quantitative estimate of drug-likeness (QED) is 0.615. The van der Waals surface area contributed by atoms with Gasteiger partial charge in [0.25, 0.3) is 0 Å². The summed E-state index contributed by atoms with van der Waals surface area (Å²) in [4.78, 5) is 17.6. The molecule has 1 aliphatic heterocycles. The number of hydrogen-bond donors (Lipinski definition) is 3. The molecule has 0 fully saturated rings. The van der Waals surface area contributed by atoms with Gasteiger partial charge in [-0.05, 0) is 35.7 Å². The van der Waals surface area contributed by atoms with Gasteiger partial charge in [0.2, 0.25) is 5.95 Å². The predicted octanol–water partition coefficient (Wildman–Crippen LogP) is 3.11. The summed E-state index contributed by atoms with van der Waals surface area (Å²) in [6, 6.07) is 11.7. The molecule has 0 saturated carbocycles. The molecule has 0 amide bonds. The van der Waals surface area contributed by atoms with E-state index in [1.165, 1.54) is 13.4 Å². The number of nitrogens with one attached hydrogen (secondary N) is 1. The number of para-hydroxylation sites is 1. The number of aromatic hydroxyl groups is 2. The third-order valence-electron chi connectivity index (χ3n) is 5.76. The highest BCUT2D eigenvalue weighted by Gasteiger charge is 2.39. The van der Waals surface area contributed by atoms with Crippen molar-refractivity contribution in [3.63, 3.8) is 0 Å². The number of methoxy groups -OCH3 is 1. The van der Waals surface area contributed by atoms with E-state index in [4.69, 9.17) is 4.74 Å². The van der Waals surface area contributed by atoms with Crippen molar-refractivity contribution in [3.05, 3.63) is 71.2 Å². The monoisotopic (exact) mass is 404 g/mol. The second-order valence-electron chi connectivity index (χ2n) is 7.47. The van der Waals surface area contributed by atoms with Crippen LogP contribution in [-0.4, -0.2) is 37.9 Å². The molecule has 2 unspecified atom stereocenters. The first-order valence-corrected chi connectivity index (χ1v) is 9.64. The Kier molecular flexibility index (Phi) is 4.20. The van der Waals surface area contributed by atoms with Gasteiger partial charge in [0.1, 0.15) is 18.1 Å². The van der Waals surface area contributed by atoms with E-state index in [1.54, 1.807) is 35.0 Å². The highest BCUT2D eigenvalue weighted by atomic mass is 16.5. The van der Waals surface area contributed by atoms with E-state index in [2.05, 4.69) is 15.4 Å². The Morgan fingerprint density at radius 3 is 2.77 bits per heavy atom. The largest absolute Gasteiger partial charge is 0.508 e. The summed E-state index contributed by atoms with van der Waals surface area (Å²) in [5.74, 6) is 0.933. The molecule has 5 rings (SSSR count). The number of hydrogen-bond acceptors (Lipinski definition) is 7. The summed E-state index contributed by atoms with van der Waals surface area (Å²) in [7, 11) is 1.48. The first-order valence-electron chi connectivity index (χ1n) is 9.64. The molecule has 0 radical (unpaired) electrons. The summed E-state index contributed by atoms with van der Waals surface area (Å²) < 4.78 is 6.93. The van der Waals surface area contributed by atoms with Crippen LogP contribution in [-0.2, 0) is 4.79 Å². The van der Waals surface area contributed by atoms with Crippen LogP contribution in [0.2, 0.25) is 0 Å². The predicted molar refractivity (Wildman–Crippen MR) is 109 cm³/mol. The van der Waals surface area contributed by atoms with Crippen LogP contribution in [0.15, 0.2) is 60.1 Å². The number of phenols is 2. The van der Waals surface area contributed by atoms with Crippen LogP contribution in [0.25, 0.3) is 0 Å². The fraction of sp³-hybridized carbons (Fsp3) is 0.227. The lowest BCUT2D eigenvalue weighted by atomic mass is 9.77. The molecule has 152 valence electrons. The van der Waals surface area contributed by atoms with Crippen LogP contribution in [0.4, 0.5) is 5.95 Å². The molecule has 2 atom stereocenters. The highest BCUT2D eigenvalue weighted by molar-refractivity contribution is 6.00. The summed E-state index contributed by atoms with van der Waals surface area (Å²) in [5, 5.41) is 27.8. The minimum atomic E-state index is -0.480. The van der Waals surface area contributed by atoms with E-state index in [1.807, 2.05) is 12.1 Å². The number of allylic oxidation sites excluding steroid dienone is 2. The molecule has 0 bridgehead atoms. The summed E-state index contributed by atoms with van der Waals surface area (Å²) >= 11 is 0. The van der Waals surface area contributed by atoms with Crippen molar-refractivity contribution in [1.82, 2.24) is 14.8 Å². The minimum absolute atomic E-state index is 0.0183. The van der Waals surface area contributed by atoms with E-state index in [9.17, 15) is 15.0 Å². The van der Waals surface area contributed by atoms with E-state index in [-0.39, 0.29) is 29.6 Å². The van der Waals surface area contributed by atoms with Gasteiger partial charge in [-0.1, -0.05) is 24.3 Å². The van der Waals surface area contributed by atoms with Gasteiger partial charge in [-0.3, -0.25) is 4.79 Å². The zero-order chi connectivity index (χ0) is 20.8. The molecule has 8 heteroatoms. The van der Waals surface area contributed by atoms with E-state index in [0.717, 1.165) is 16.8 Å². The number of nitrogens with zero attached hydrogens (tertiary/aromatic N) is 3. The lowest BCUT2D eigenvalue weighted by Crippen LogP contribution is -2.33. The summed E-state index contributed by atoms with van der Waals surface area (Å²) in [6.45, 7) is 0. The highest BCUT2D eigenvalue weighted by Crippen LogP contribution is 2.46. The minimum Gasteiger partial charge on any atom is -0.508 e. The number of ether oxygens (including phenoxy) is 1. The zero-order valence-corrected chi connectivity index (χ0v) is 16.2. The van der Waals surface area contributed by atoms with E-state index >= 15 is 0 Å². The molecule has 8 nitrogen and oxygen atoms in total. The number of anilines is 1. The fourth-order valence-electron chi connectivity index (χ4n) is 4.38. The maximum absolute atomic E-state index is 13.3.